The zero-order valence-corrected chi connectivity index (χ0v) is 8.44. The first-order valence-corrected chi connectivity index (χ1v) is 4.39. The molecule has 0 aromatic heterocycles. The van der Waals surface area contributed by atoms with Crippen LogP contribution in [0.3, 0.4) is 0 Å². The molecule has 0 nitrogen and oxygen atoms in total. The van der Waals surface area contributed by atoms with Gasteiger partial charge in [0.05, 0.1) is 0 Å². The maximum absolute atomic E-state index is 3.78. The van der Waals surface area contributed by atoms with E-state index >= 15 is 0 Å². The first-order chi connectivity index (χ1) is 4.70. The van der Waals surface area contributed by atoms with E-state index in [0.29, 0.717) is 0 Å². The number of hydrogen-bond acceptors (Lipinski definition) is 0. The highest BCUT2D eigenvalue weighted by atomic mass is 79.9. The largest absolute Gasteiger partial charge is 0.134 e. The van der Waals surface area contributed by atoms with Gasteiger partial charge in [-0.25, -0.2) is 0 Å². The van der Waals surface area contributed by atoms with E-state index in [-0.39, 0.29) is 0 Å². The molecule has 0 N–H and O–H groups in total. The van der Waals surface area contributed by atoms with Gasteiger partial charge in [-0.3, -0.25) is 0 Å². The quantitative estimate of drug-likeness (QED) is 0.726. The molecule has 2 radical (unpaired) electrons. The highest BCUT2D eigenvalue weighted by Crippen LogP contribution is 2.27. The molecule has 10 heavy (non-hydrogen) atoms. The fourth-order valence-corrected chi connectivity index (χ4v) is 1.16. The highest BCUT2D eigenvalue weighted by Gasteiger charge is 2.00. The Labute approximate surface area is 77.9 Å². The maximum Gasteiger partial charge on any atom is 0.134 e. The molecule has 0 unspecified atom stereocenters. The molecule has 2 heteroatoms. The van der Waals surface area contributed by atoms with E-state index in [1.54, 1.807) is 0 Å². The van der Waals surface area contributed by atoms with E-state index in [1.807, 2.05) is 24.3 Å². The topological polar surface area (TPSA) is 0 Å². The van der Waals surface area contributed by atoms with Crippen LogP contribution < -0.4 is 0 Å². The highest BCUT2D eigenvalue weighted by molar-refractivity contribution is 9.27. The van der Waals surface area contributed by atoms with Gasteiger partial charge in [0.15, 0.2) is 0 Å². The van der Waals surface area contributed by atoms with Crippen molar-refractivity contribution in [2.24, 2.45) is 0 Å². The van der Waals surface area contributed by atoms with Crippen LogP contribution in [0.2, 0.25) is 0 Å². The summed E-state index contributed by atoms with van der Waals surface area (Å²) >= 11 is 6.64. The Bertz CT molecular complexity index is 201. The summed E-state index contributed by atoms with van der Waals surface area (Å²) in [5.74, 6) is 0. The first kappa shape index (κ1) is 8.28. The molecule has 0 aliphatic rings. The summed E-state index contributed by atoms with van der Waals surface area (Å²) in [6.07, 6.45) is 0. The summed E-state index contributed by atoms with van der Waals surface area (Å²) in [6, 6.07) is 7.94. The standard InChI is InChI=1S/C8H6Br2/c1-6-2-4-7(5-3-6)8(9)10/h2-5H,1H2. The Morgan fingerprint density at radius 2 is 1.60 bits per heavy atom. The van der Waals surface area contributed by atoms with Gasteiger partial charge in [0, 0.05) is 0 Å². The molecule has 0 aliphatic carbocycles. The van der Waals surface area contributed by atoms with Crippen molar-refractivity contribution in [3.8, 4) is 0 Å². The number of hydrogen-bond donors (Lipinski definition) is 0. The average Bonchev–Trinajstić information content (AvgIpc) is 1.88. The van der Waals surface area contributed by atoms with E-state index < -0.39 is 0 Å². The average molecular weight is 262 g/mol. The minimum atomic E-state index is 0.972. The SMILES string of the molecule is [CH2]c1ccc([C](Br)Br)cc1. The maximum atomic E-state index is 3.78. The van der Waals surface area contributed by atoms with Crippen molar-refractivity contribution in [2.75, 3.05) is 0 Å². The van der Waals surface area contributed by atoms with Crippen molar-refractivity contribution >= 4 is 31.9 Å². The Kier molecular flexibility index (Phi) is 2.93. The van der Waals surface area contributed by atoms with Crippen LogP contribution >= 0.6 is 31.9 Å². The van der Waals surface area contributed by atoms with Gasteiger partial charge in [-0.05, 0) is 18.1 Å². The zero-order chi connectivity index (χ0) is 7.56. The molecule has 0 saturated heterocycles. The second kappa shape index (κ2) is 3.54. The molecular formula is C8H6Br2. The fourth-order valence-electron chi connectivity index (χ4n) is 0.631. The van der Waals surface area contributed by atoms with E-state index in [1.165, 1.54) is 0 Å². The van der Waals surface area contributed by atoms with Gasteiger partial charge in [0.1, 0.15) is 3.74 Å². The Morgan fingerprint density at radius 1 is 1.10 bits per heavy atom. The normalized spacial score (nSPS) is 10.4. The van der Waals surface area contributed by atoms with Crippen LogP contribution in [0.1, 0.15) is 11.1 Å². The van der Waals surface area contributed by atoms with Gasteiger partial charge in [-0.2, -0.15) is 0 Å². The van der Waals surface area contributed by atoms with Crippen LogP contribution in [0.25, 0.3) is 0 Å². The summed E-state index contributed by atoms with van der Waals surface area (Å²) < 4.78 is 0.972. The fraction of sp³-hybridized carbons (Fsp3) is 0. The van der Waals surface area contributed by atoms with Crippen molar-refractivity contribution in [3.63, 3.8) is 0 Å². The Balaban J connectivity index is 2.89. The van der Waals surface area contributed by atoms with Crippen molar-refractivity contribution in [1.29, 1.82) is 0 Å². The van der Waals surface area contributed by atoms with Gasteiger partial charge in [0.25, 0.3) is 0 Å². The first-order valence-electron chi connectivity index (χ1n) is 2.80. The second-order valence-electron chi connectivity index (χ2n) is 1.96. The lowest BCUT2D eigenvalue weighted by Gasteiger charge is -1.99. The van der Waals surface area contributed by atoms with Crippen LogP contribution in [-0.4, -0.2) is 0 Å². The summed E-state index contributed by atoms with van der Waals surface area (Å²) in [6.45, 7) is 3.78. The molecule has 0 spiro atoms. The monoisotopic (exact) mass is 260 g/mol. The molecule has 0 saturated carbocycles. The number of halogens is 2. The molecule has 0 aliphatic heterocycles. The van der Waals surface area contributed by atoms with Crippen LogP contribution in [0, 0.1) is 10.7 Å². The number of rotatable bonds is 1. The molecule has 1 rings (SSSR count). The Hall–Kier alpha value is 0.180. The van der Waals surface area contributed by atoms with E-state index in [0.717, 1.165) is 14.9 Å². The molecular weight excluding hydrogens is 256 g/mol. The molecule has 52 valence electrons. The van der Waals surface area contributed by atoms with E-state index in [9.17, 15) is 0 Å². The number of benzene rings is 1. The summed E-state index contributed by atoms with van der Waals surface area (Å²) in [7, 11) is 0. The molecule has 0 atom stereocenters. The van der Waals surface area contributed by atoms with Crippen LogP contribution in [0.4, 0.5) is 0 Å². The van der Waals surface area contributed by atoms with Crippen molar-refractivity contribution in [1.82, 2.24) is 0 Å². The zero-order valence-electron chi connectivity index (χ0n) is 5.27. The summed E-state index contributed by atoms with van der Waals surface area (Å²) in [5, 5.41) is 0. The minimum absolute atomic E-state index is 0.972. The van der Waals surface area contributed by atoms with Crippen molar-refractivity contribution in [3.05, 3.63) is 46.1 Å². The van der Waals surface area contributed by atoms with Gasteiger partial charge in [-0.15, -0.1) is 0 Å². The van der Waals surface area contributed by atoms with Crippen molar-refractivity contribution < 1.29 is 0 Å². The predicted octanol–water partition coefficient (Wildman–Crippen LogP) is 3.50. The Morgan fingerprint density at radius 3 is 2.00 bits per heavy atom. The van der Waals surface area contributed by atoms with Gasteiger partial charge in [0.2, 0.25) is 0 Å². The molecule has 0 heterocycles. The lowest BCUT2D eigenvalue weighted by molar-refractivity contribution is 1.53. The minimum Gasteiger partial charge on any atom is -0.0645 e. The molecule has 0 fully saturated rings. The smallest absolute Gasteiger partial charge is 0.0645 e. The third-order valence-electron chi connectivity index (χ3n) is 1.17. The predicted molar refractivity (Wildman–Crippen MR) is 51.1 cm³/mol. The van der Waals surface area contributed by atoms with Gasteiger partial charge in [-0.1, -0.05) is 56.1 Å². The van der Waals surface area contributed by atoms with Crippen LogP contribution in [0.5, 0.6) is 0 Å². The third kappa shape index (κ3) is 2.10. The molecule has 0 amide bonds. The third-order valence-corrected chi connectivity index (χ3v) is 2.09. The lowest BCUT2D eigenvalue weighted by atomic mass is 10.2. The van der Waals surface area contributed by atoms with Crippen LogP contribution in [-0.2, 0) is 0 Å². The van der Waals surface area contributed by atoms with Crippen LogP contribution in [0.15, 0.2) is 24.3 Å². The van der Waals surface area contributed by atoms with E-state index in [4.69, 9.17) is 0 Å². The van der Waals surface area contributed by atoms with Crippen molar-refractivity contribution in [2.45, 2.75) is 0 Å². The molecule has 1 aromatic rings. The summed E-state index contributed by atoms with van der Waals surface area (Å²) in [5.41, 5.74) is 2.16. The van der Waals surface area contributed by atoms with E-state index in [2.05, 4.69) is 38.8 Å². The lowest BCUT2D eigenvalue weighted by Crippen LogP contribution is -1.79. The molecule has 1 aromatic carbocycles. The summed E-state index contributed by atoms with van der Waals surface area (Å²) in [4.78, 5) is 0. The van der Waals surface area contributed by atoms with Gasteiger partial charge >= 0.3 is 0 Å². The second-order valence-corrected chi connectivity index (χ2v) is 4.61. The molecule has 0 bridgehead atoms. The van der Waals surface area contributed by atoms with Gasteiger partial charge < -0.3 is 0 Å².